The lowest BCUT2D eigenvalue weighted by Crippen LogP contribution is -2.43. The molecule has 0 bridgehead atoms. The zero-order valence-electron chi connectivity index (χ0n) is 6.51. The summed E-state index contributed by atoms with van der Waals surface area (Å²) in [7, 11) is 2.14. The summed E-state index contributed by atoms with van der Waals surface area (Å²) >= 11 is 0. The highest BCUT2D eigenvalue weighted by Gasteiger charge is 2.21. The van der Waals surface area contributed by atoms with Gasteiger partial charge in [0.2, 0.25) is 0 Å². The van der Waals surface area contributed by atoms with E-state index in [2.05, 4.69) is 18.0 Å². The fraction of sp³-hybridized carbons (Fsp3) is 0.875. The van der Waals surface area contributed by atoms with E-state index in [4.69, 9.17) is 5.26 Å². The first-order valence-electron chi connectivity index (χ1n) is 3.88. The fourth-order valence-electron chi connectivity index (χ4n) is 1.48. The maximum Gasteiger partial charge on any atom is 0.0621 e. The first kappa shape index (κ1) is 7.56. The zero-order valence-corrected chi connectivity index (χ0v) is 6.51. The molecular weight excluding hydrogens is 124 g/mol. The standard InChI is InChI=1S/C8H14N2/c1-10-6-8(7-10)4-2-3-5-9/h8H,2-4,6-7H2,1H3. The predicted octanol–water partition coefficient (Wildman–Crippen LogP) is 1.24. The van der Waals surface area contributed by atoms with Crippen molar-refractivity contribution in [3.8, 4) is 6.07 Å². The maximum atomic E-state index is 8.26. The van der Waals surface area contributed by atoms with Gasteiger partial charge in [-0.05, 0) is 25.8 Å². The smallest absolute Gasteiger partial charge is 0.0621 e. The summed E-state index contributed by atoms with van der Waals surface area (Å²) in [6.07, 6.45) is 3.08. The summed E-state index contributed by atoms with van der Waals surface area (Å²) in [4.78, 5) is 2.32. The molecule has 0 unspecified atom stereocenters. The Labute approximate surface area is 62.4 Å². The normalized spacial score (nSPS) is 20.0. The number of rotatable bonds is 3. The largest absolute Gasteiger partial charge is 0.306 e. The van der Waals surface area contributed by atoms with Crippen molar-refractivity contribution in [1.29, 1.82) is 5.26 Å². The molecule has 56 valence electrons. The van der Waals surface area contributed by atoms with Gasteiger partial charge in [-0.2, -0.15) is 5.26 Å². The number of nitriles is 1. The third-order valence-corrected chi connectivity index (χ3v) is 2.04. The van der Waals surface area contributed by atoms with Gasteiger partial charge in [0.25, 0.3) is 0 Å². The van der Waals surface area contributed by atoms with Crippen LogP contribution in [0, 0.1) is 17.2 Å². The molecule has 0 N–H and O–H groups in total. The van der Waals surface area contributed by atoms with Gasteiger partial charge in [0.1, 0.15) is 0 Å². The predicted molar refractivity (Wildman–Crippen MR) is 40.5 cm³/mol. The monoisotopic (exact) mass is 138 g/mol. The van der Waals surface area contributed by atoms with Crippen molar-refractivity contribution in [1.82, 2.24) is 4.90 Å². The van der Waals surface area contributed by atoms with E-state index in [0.29, 0.717) is 0 Å². The Balaban J connectivity index is 1.91. The Morgan fingerprint density at radius 1 is 1.60 bits per heavy atom. The molecule has 1 heterocycles. The summed E-state index contributed by atoms with van der Waals surface area (Å²) in [6.45, 7) is 2.48. The van der Waals surface area contributed by atoms with E-state index in [1.54, 1.807) is 0 Å². The number of hydrogen-bond acceptors (Lipinski definition) is 2. The molecule has 2 heteroatoms. The fourth-order valence-corrected chi connectivity index (χ4v) is 1.48. The second-order valence-corrected chi connectivity index (χ2v) is 3.14. The molecule has 0 spiro atoms. The lowest BCUT2D eigenvalue weighted by molar-refractivity contribution is 0.125. The highest BCUT2D eigenvalue weighted by Crippen LogP contribution is 2.18. The van der Waals surface area contributed by atoms with Gasteiger partial charge < -0.3 is 4.90 Å². The van der Waals surface area contributed by atoms with Crippen LogP contribution in [-0.2, 0) is 0 Å². The van der Waals surface area contributed by atoms with E-state index >= 15 is 0 Å². The topological polar surface area (TPSA) is 27.0 Å². The molecule has 0 aromatic heterocycles. The van der Waals surface area contributed by atoms with Crippen LogP contribution < -0.4 is 0 Å². The van der Waals surface area contributed by atoms with Crippen LogP contribution in [0.2, 0.25) is 0 Å². The Morgan fingerprint density at radius 2 is 2.30 bits per heavy atom. The Kier molecular flexibility index (Phi) is 2.70. The van der Waals surface area contributed by atoms with Gasteiger partial charge in [-0.1, -0.05) is 0 Å². The maximum absolute atomic E-state index is 8.26. The second-order valence-electron chi connectivity index (χ2n) is 3.14. The molecular formula is C8H14N2. The Morgan fingerprint density at radius 3 is 2.80 bits per heavy atom. The van der Waals surface area contributed by atoms with E-state index in [-0.39, 0.29) is 0 Å². The molecule has 0 aromatic carbocycles. The average Bonchev–Trinajstić information content (AvgIpc) is 1.85. The molecule has 1 aliphatic rings. The van der Waals surface area contributed by atoms with Crippen molar-refractivity contribution < 1.29 is 0 Å². The van der Waals surface area contributed by atoms with Crippen LogP contribution in [0.15, 0.2) is 0 Å². The van der Waals surface area contributed by atoms with E-state index in [9.17, 15) is 0 Å². The molecule has 0 saturated carbocycles. The molecule has 1 rings (SSSR count). The van der Waals surface area contributed by atoms with Gasteiger partial charge in [-0.15, -0.1) is 0 Å². The van der Waals surface area contributed by atoms with Crippen molar-refractivity contribution >= 4 is 0 Å². The summed E-state index contributed by atoms with van der Waals surface area (Å²) in [5.41, 5.74) is 0. The third-order valence-electron chi connectivity index (χ3n) is 2.04. The minimum Gasteiger partial charge on any atom is -0.306 e. The number of hydrogen-bond donors (Lipinski definition) is 0. The molecule has 0 atom stereocenters. The first-order valence-corrected chi connectivity index (χ1v) is 3.88. The van der Waals surface area contributed by atoms with Gasteiger partial charge in [0, 0.05) is 19.5 Å². The number of nitrogens with zero attached hydrogens (tertiary/aromatic N) is 2. The molecule has 2 nitrogen and oxygen atoms in total. The van der Waals surface area contributed by atoms with E-state index in [1.165, 1.54) is 19.5 Å². The van der Waals surface area contributed by atoms with Crippen LogP contribution in [0.3, 0.4) is 0 Å². The minimum atomic E-state index is 0.736. The van der Waals surface area contributed by atoms with Crippen LogP contribution in [0.25, 0.3) is 0 Å². The number of likely N-dealkylation sites (tertiary alicyclic amines) is 1. The van der Waals surface area contributed by atoms with Crippen LogP contribution in [-0.4, -0.2) is 25.0 Å². The van der Waals surface area contributed by atoms with Gasteiger partial charge in [-0.25, -0.2) is 0 Å². The summed E-state index contributed by atoms with van der Waals surface area (Å²) in [6, 6.07) is 2.17. The van der Waals surface area contributed by atoms with Gasteiger partial charge in [-0.3, -0.25) is 0 Å². The molecule has 0 aromatic rings. The average molecular weight is 138 g/mol. The molecule has 10 heavy (non-hydrogen) atoms. The lowest BCUT2D eigenvalue weighted by atomic mass is 9.95. The summed E-state index contributed by atoms with van der Waals surface area (Å²) in [5.74, 6) is 0.887. The van der Waals surface area contributed by atoms with Gasteiger partial charge in [0.15, 0.2) is 0 Å². The SMILES string of the molecule is CN1CC(CCCC#N)C1. The molecule has 1 saturated heterocycles. The van der Waals surface area contributed by atoms with E-state index in [0.717, 1.165) is 18.8 Å². The van der Waals surface area contributed by atoms with Crippen LogP contribution in [0.1, 0.15) is 19.3 Å². The molecule has 1 fully saturated rings. The lowest BCUT2D eigenvalue weighted by Gasteiger charge is -2.36. The third kappa shape index (κ3) is 2.00. The molecule has 1 aliphatic heterocycles. The number of unbranched alkanes of at least 4 members (excludes halogenated alkanes) is 1. The molecule has 0 aliphatic carbocycles. The van der Waals surface area contributed by atoms with Gasteiger partial charge in [0.05, 0.1) is 6.07 Å². The molecule has 0 amide bonds. The van der Waals surface area contributed by atoms with Crippen molar-refractivity contribution in [3.05, 3.63) is 0 Å². The molecule has 0 radical (unpaired) electrons. The van der Waals surface area contributed by atoms with E-state index < -0.39 is 0 Å². The summed E-state index contributed by atoms with van der Waals surface area (Å²) < 4.78 is 0. The Hall–Kier alpha value is -0.550. The van der Waals surface area contributed by atoms with Crippen molar-refractivity contribution in [3.63, 3.8) is 0 Å². The first-order chi connectivity index (χ1) is 4.83. The van der Waals surface area contributed by atoms with Crippen molar-refractivity contribution in [2.45, 2.75) is 19.3 Å². The second kappa shape index (κ2) is 3.58. The quantitative estimate of drug-likeness (QED) is 0.549. The highest BCUT2D eigenvalue weighted by molar-refractivity contribution is 4.78. The summed E-state index contributed by atoms with van der Waals surface area (Å²) in [5, 5.41) is 8.26. The minimum absolute atomic E-state index is 0.736. The Bertz CT molecular complexity index is 131. The highest BCUT2D eigenvalue weighted by atomic mass is 15.2. The van der Waals surface area contributed by atoms with Gasteiger partial charge >= 0.3 is 0 Å². The van der Waals surface area contributed by atoms with Crippen LogP contribution >= 0.6 is 0 Å². The van der Waals surface area contributed by atoms with E-state index in [1.807, 2.05) is 0 Å². The van der Waals surface area contributed by atoms with Crippen molar-refractivity contribution in [2.75, 3.05) is 20.1 Å². The van der Waals surface area contributed by atoms with Crippen molar-refractivity contribution in [2.24, 2.45) is 5.92 Å². The van der Waals surface area contributed by atoms with Crippen LogP contribution in [0.5, 0.6) is 0 Å². The van der Waals surface area contributed by atoms with Crippen LogP contribution in [0.4, 0.5) is 0 Å². The zero-order chi connectivity index (χ0) is 7.40.